The minimum atomic E-state index is -0.785. The number of carboxylic acid groups (broad SMARTS) is 1. The zero-order valence-corrected chi connectivity index (χ0v) is 10.5. The molecule has 0 aromatic heterocycles. The molecule has 1 aromatic rings. The van der Waals surface area contributed by atoms with Crippen LogP contribution in [-0.4, -0.2) is 16.8 Å². The molecule has 0 aliphatic heterocycles. The van der Waals surface area contributed by atoms with Crippen LogP contribution in [0.15, 0.2) is 23.1 Å². The number of hydrogen-bond donors (Lipinski definition) is 1. The third-order valence-corrected chi connectivity index (χ3v) is 4.50. The molecule has 18 heavy (non-hydrogen) atoms. The van der Waals surface area contributed by atoms with E-state index in [1.54, 1.807) is 6.07 Å². The molecule has 0 unspecified atom stereocenters. The lowest BCUT2D eigenvalue weighted by Gasteiger charge is -2.12. The number of halogens is 1. The molecule has 1 N–H and O–H groups in total. The molecule has 1 fully saturated rings. The summed E-state index contributed by atoms with van der Waals surface area (Å²) in [6, 6.07) is 6.06. The van der Waals surface area contributed by atoms with E-state index in [4.69, 9.17) is 10.4 Å². The van der Waals surface area contributed by atoms with Gasteiger partial charge in [-0.3, -0.25) is 4.79 Å². The van der Waals surface area contributed by atoms with Crippen molar-refractivity contribution in [1.82, 2.24) is 0 Å². The summed E-state index contributed by atoms with van der Waals surface area (Å²) in [5, 5.41) is 17.7. The van der Waals surface area contributed by atoms with Crippen LogP contribution in [0.2, 0.25) is 0 Å². The zero-order chi connectivity index (χ0) is 13.2. The standard InChI is InChI=1S/C13H12FNO2S/c14-10-1-2-11(9(5-10)7-15)18-8-13(3-4-13)6-12(16)17/h1-2,5H,3-4,6,8H2,(H,16,17). The molecule has 1 aliphatic carbocycles. The Labute approximate surface area is 109 Å². The molecular formula is C13H12FNO2S. The lowest BCUT2D eigenvalue weighted by molar-refractivity contribution is -0.138. The molecule has 2 rings (SSSR count). The van der Waals surface area contributed by atoms with E-state index in [0.717, 1.165) is 17.7 Å². The highest BCUT2D eigenvalue weighted by atomic mass is 32.2. The molecule has 5 heteroatoms. The van der Waals surface area contributed by atoms with Gasteiger partial charge in [0.05, 0.1) is 12.0 Å². The van der Waals surface area contributed by atoms with E-state index in [-0.39, 0.29) is 11.8 Å². The fourth-order valence-electron chi connectivity index (χ4n) is 1.82. The summed E-state index contributed by atoms with van der Waals surface area (Å²) < 4.78 is 13.0. The summed E-state index contributed by atoms with van der Waals surface area (Å²) in [5.74, 6) is -0.546. The molecule has 0 bridgehead atoms. The van der Waals surface area contributed by atoms with E-state index in [9.17, 15) is 9.18 Å². The van der Waals surface area contributed by atoms with E-state index in [2.05, 4.69) is 0 Å². The number of hydrogen-bond acceptors (Lipinski definition) is 3. The van der Waals surface area contributed by atoms with Crippen molar-refractivity contribution in [2.45, 2.75) is 24.2 Å². The quantitative estimate of drug-likeness (QED) is 0.831. The topological polar surface area (TPSA) is 61.1 Å². The highest BCUT2D eigenvalue weighted by Gasteiger charge is 2.44. The molecule has 0 spiro atoms. The lowest BCUT2D eigenvalue weighted by Crippen LogP contribution is -2.11. The third-order valence-electron chi connectivity index (χ3n) is 3.08. The number of nitriles is 1. The molecule has 0 atom stereocenters. The molecule has 0 saturated heterocycles. The van der Waals surface area contributed by atoms with Crippen molar-refractivity contribution < 1.29 is 14.3 Å². The number of carbonyl (C=O) groups is 1. The van der Waals surface area contributed by atoms with Gasteiger partial charge in [-0.05, 0) is 36.5 Å². The Hall–Kier alpha value is -1.54. The van der Waals surface area contributed by atoms with Gasteiger partial charge < -0.3 is 5.11 Å². The molecule has 94 valence electrons. The summed E-state index contributed by atoms with van der Waals surface area (Å²) in [5.41, 5.74) is 0.184. The van der Waals surface area contributed by atoms with Gasteiger partial charge in [0.25, 0.3) is 0 Å². The molecule has 3 nitrogen and oxygen atoms in total. The van der Waals surface area contributed by atoms with E-state index in [0.29, 0.717) is 11.3 Å². The zero-order valence-electron chi connectivity index (χ0n) is 9.65. The second-order valence-corrected chi connectivity index (χ2v) is 5.63. The van der Waals surface area contributed by atoms with Gasteiger partial charge in [-0.2, -0.15) is 5.26 Å². The Morgan fingerprint density at radius 3 is 2.83 bits per heavy atom. The summed E-state index contributed by atoms with van der Waals surface area (Å²) in [6.07, 6.45) is 1.99. The van der Waals surface area contributed by atoms with Crippen LogP contribution in [0.3, 0.4) is 0 Å². The Morgan fingerprint density at radius 1 is 1.56 bits per heavy atom. The molecule has 1 aromatic carbocycles. The predicted octanol–water partition coefficient (Wildman–Crippen LogP) is 3.04. The fourth-order valence-corrected chi connectivity index (χ4v) is 3.09. The first-order valence-corrected chi connectivity index (χ1v) is 6.57. The van der Waals surface area contributed by atoms with Crippen molar-refractivity contribution in [3.8, 4) is 6.07 Å². The lowest BCUT2D eigenvalue weighted by atomic mass is 10.1. The first kappa shape index (κ1) is 12.9. The summed E-state index contributed by atoms with van der Waals surface area (Å²) in [6.45, 7) is 0. The first-order chi connectivity index (χ1) is 8.54. The van der Waals surface area contributed by atoms with Crippen LogP contribution in [0.1, 0.15) is 24.8 Å². The molecule has 1 saturated carbocycles. The molecule has 0 radical (unpaired) electrons. The maximum atomic E-state index is 13.0. The number of benzene rings is 1. The van der Waals surface area contributed by atoms with Crippen molar-refractivity contribution in [3.05, 3.63) is 29.6 Å². The van der Waals surface area contributed by atoms with Gasteiger partial charge in [-0.1, -0.05) is 0 Å². The van der Waals surface area contributed by atoms with E-state index in [1.165, 1.54) is 23.9 Å². The highest BCUT2D eigenvalue weighted by molar-refractivity contribution is 7.99. The van der Waals surface area contributed by atoms with Crippen LogP contribution in [0.4, 0.5) is 4.39 Å². The number of nitrogens with zero attached hydrogens (tertiary/aromatic N) is 1. The minimum absolute atomic E-state index is 0.127. The van der Waals surface area contributed by atoms with Gasteiger partial charge in [0, 0.05) is 10.6 Å². The Balaban J connectivity index is 2.03. The van der Waals surface area contributed by atoms with Gasteiger partial charge in [-0.15, -0.1) is 11.8 Å². The van der Waals surface area contributed by atoms with Crippen LogP contribution in [-0.2, 0) is 4.79 Å². The smallest absolute Gasteiger partial charge is 0.303 e. The van der Waals surface area contributed by atoms with Gasteiger partial charge in [0.15, 0.2) is 0 Å². The highest BCUT2D eigenvalue weighted by Crippen LogP contribution is 2.52. The van der Waals surface area contributed by atoms with Gasteiger partial charge in [-0.25, -0.2) is 4.39 Å². The molecule has 0 heterocycles. The Bertz CT molecular complexity index is 520. The van der Waals surface area contributed by atoms with Gasteiger partial charge in [0.2, 0.25) is 0 Å². The minimum Gasteiger partial charge on any atom is -0.481 e. The summed E-state index contributed by atoms with van der Waals surface area (Å²) in [7, 11) is 0. The molecule has 0 amide bonds. The van der Waals surface area contributed by atoms with Crippen LogP contribution in [0, 0.1) is 22.6 Å². The number of thioether (sulfide) groups is 1. The second-order valence-electron chi connectivity index (χ2n) is 4.61. The largest absolute Gasteiger partial charge is 0.481 e. The average molecular weight is 265 g/mol. The number of carboxylic acids is 1. The van der Waals surface area contributed by atoms with Crippen molar-refractivity contribution in [3.63, 3.8) is 0 Å². The second kappa shape index (κ2) is 4.99. The Morgan fingerprint density at radius 2 is 2.28 bits per heavy atom. The third kappa shape index (κ3) is 3.02. The van der Waals surface area contributed by atoms with Crippen molar-refractivity contribution in [2.75, 3.05) is 5.75 Å². The first-order valence-electron chi connectivity index (χ1n) is 5.59. The Kier molecular flexibility index (Phi) is 3.58. The van der Waals surface area contributed by atoms with Crippen molar-refractivity contribution in [2.24, 2.45) is 5.41 Å². The van der Waals surface area contributed by atoms with Gasteiger partial charge >= 0.3 is 5.97 Å². The van der Waals surface area contributed by atoms with E-state index in [1.807, 2.05) is 6.07 Å². The van der Waals surface area contributed by atoms with E-state index < -0.39 is 11.8 Å². The van der Waals surface area contributed by atoms with Crippen molar-refractivity contribution >= 4 is 17.7 Å². The van der Waals surface area contributed by atoms with Crippen LogP contribution >= 0.6 is 11.8 Å². The van der Waals surface area contributed by atoms with E-state index >= 15 is 0 Å². The van der Waals surface area contributed by atoms with Crippen LogP contribution in [0.5, 0.6) is 0 Å². The fraction of sp³-hybridized carbons (Fsp3) is 0.385. The maximum Gasteiger partial charge on any atom is 0.303 e. The van der Waals surface area contributed by atoms with Crippen LogP contribution in [0.25, 0.3) is 0 Å². The molecule has 1 aliphatic rings. The van der Waals surface area contributed by atoms with Crippen LogP contribution < -0.4 is 0 Å². The maximum absolute atomic E-state index is 13.0. The summed E-state index contributed by atoms with van der Waals surface area (Å²) >= 11 is 1.44. The number of aliphatic carboxylic acids is 1. The average Bonchev–Trinajstić information content (AvgIpc) is 3.06. The molecular weight excluding hydrogens is 253 g/mol. The van der Waals surface area contributed by atoms with Crippen molar-refractivity contribution in [1.29, 1.82) is 5.26 Å². The number of rotatable bonds is 5. The predicted molar refractivity (Wildman–Crippen MR) is 65.8 cm³/mol. The monoisotopic (exact) mass is 265 g/mol. The summed E-state index contributed by atoms with van der Waals surface area (Å²) in [4.78, 5) is 11.4. The SMILES string of the molecule is N#Cc1cc(F)ccc1SCC1(CC(=O)O)CC1. The van der Waals surface area contributed by atoms with Gasteiger partial charge in [0.1, 0.15) is 11.9 Å². The normalized spacial score (nSPS) is 16.0.